The zero-order valence-corrected chi connectivity index (χ0v) is 11.7. The summed E-state index contributed by atoms with van der Waals surface area (Å²) in [6.07, 6.45) is 0.997. The van der Waals surface area contributed by atoms with Crippen LogP contribution in [0.15, 0.2) is 29.6 Å². The largest absolute Gasteiger partial charge is 0.287 e. The van der Waals surface area contributed by atoms with Gasteiger partial charge in [0.2, 0.25) is 5.78 Å². The molecule has 0 aliphatic heterocycles. The lowest BCUT2D eigenvalue weighted by atomic mass is 10.2. The van der Waals surface area contributed by atoms with Gasteiger partial charge >= 0.3 is 0 Å². The predicted molar refractivity (Wildman–Crippen MR) is 76.8 cm³/mol. The first-order valence-corrected chi connectivity index (χ1v) is 7.89. The van der Waals surface area contributed by atoms with E-state index in [9.17, 15) is 4.79 Å². The maximum absolute atomic E-state index is 12.3. The van der Waals surface area contributed by atoms with Crippen molar-refractivity contribution in [2.24, 2.45) is 0 Å². The summed E-state index contributed by atoms with van der Waals surface area (Å²) in [4.78, 5) is 15.3. The summed E-state index contributed by atoms with van der Waals surface area (Å²) in [6, 6.07) is 8.08. The van der Waals surface area contributed by atoms with E-state index >= 15 is 0 Å². The third-order valence-corrected chi connectivity index (χ3v) is 5.92. The molecule has 0 bridgehead atoms. The molecular formula is C13H10OS3. The Morgan fingerprint density at radius 1 is 1.12 bits per heavy atom. The van der Waals surface area contributed by atoms with E-state index in [-0.39, 0.29) is 5.78 Å². The Morgan fingerprint density at radius 2 is 2.00 bits per heavy atom. The summed E-state index contributed by atoms with van der Waals surface area (Å²) in [5.74, 6) is 0.170. The topological polar surface area (TPSA) is 17.1 Å². The third-order valence-electron chi connectivity index (χ3n) is 2.60. The van der Waals surface area contributed by atoms with Gasteiger partial charge in [0.1, 0.15) is 0 Å². The molecule has 86 valence electrons. The highest BCUT2D eigenvalue weighted by atomic mass is 32.1. The van der Waals surface area contributed by atoms with Crippen molar-refractivity contribution in [2.75, 3.05) is 0 Å². The van der Waals surface area contributed by atoms with Crippen LogP contribution in [-0.4, -0.2) is 5.78 Å². The molecule has 0 fully saturated rings. The van der Waals surface area contributed by atoms with Crippen LogP contribution in [-0.2, 0) is 6.42 Å². The van der Waals surface area contributed by atoms with Crippen molar-refractivity contribution in [3.05, 3.63) is 44.3 Å². The van der Waals surface area contributed by atoms with Gasteiger partial charge < -0.3 is 0 Å². The SMILES string of the molecule is CCc1ccc(C(=O)c2cc3sccc3s2)s1. The fourth-order valence-electron chi connectivity index (χ4n) is 1.69. The van der Waals surface area contributed by atoms with Gasteiger partial charge in [-0.1, -0.05) is 6.92 Å². The fourth-order valence-corrected chi connectivity index (χ4v) is 4.72. The molecule has 0 aromatic carbocycles. The first kappa shape index (κ1) is 11.1. The molecule has 0 amide bonds. The van der Waals surface area contributed by atoms with E-state index < -0.39 is 0 Å². The number of hydrogen-bond acceptors (Lipinski definition) is 4. The number of carbonyl (C=O) groups is 1. The molecule has 0 aliphatic rings. The van der Waals surface area contributed by atoms with Crippen LogP contribution in [0.3, 0.4) is 0 Å². The standard InChI is InChI=1S/C13H10OS3/c1-2-8-3-4-10(16-8)13(14)12-7-11-9(17-12)5-6-15-11/h3-7H,2H2,1H3. The molecule has 1 nitrogen and oxygen atoms in total. The molecule has 3 aromatic heterocycles. The Labute approximate surface area is 111 Å². The quantitative estimate of drug-likeness (QED) is 0.628. The van der Waals surface area contributed by atoms with Crippen LogP contribution in [0.1, 0.15) is 26.3 Å². The molecule has 3 aromatic rings. The smallest absolute Gasteiger partial charge is 0.212 e. The summed E-state index contributed by atoms with van der Waals surface area (Å²) in [5, 5.41) is 2.07. The van der Waals surface area contributed by atoms with Crippen molar-refractivity contribution in [1.82, 2.24) is 0 Å². The molecular weight excluding hydrogens is 268 g/mol. The Bertz CT molecular complexity index is 643. The first-order chi connectivity index (χ1) is 8.28. The van der Waals surface area contributed by atoms with Gasteiger partial charge in [0.25, 0.3) is 0 Å². The molecule has 0 saturated heterocycles. The van der Waals surface area contributed by atoms with Crippen molar-refractivity contribution in [3.63, 3.8) is 0 Å². The minimum atomic E-state index is 0.170. The molecule has 3 rings (SSSR count). The highest BCUT2D eigenvalue weighted by Crippen LogP contribution is 2.32. The van der Waals surface area contributed by atoms with Crippen LogP contribution >= 0.6 is 34.0 Å². The van der Waals surface area contributed by atoms with Gasteiger partial charge in [0.05, 0.1) is 9.75 Å². The van der Waals surface area contributed by atoms with Gasteiger partial charge in [-0.15, -0.1) is 34.0 Å². The average molecular weight is 278 g/mol. The summed E-state index contributed by atoms with van der Waals surface area (Å²) < 4.78 is 2.43. The van der Waals surface area contributed by atoms with Gasteiger partial charge in [0.15, 0.2) is 0 Å². The van der Waals surface area contributed by atoms with Crippen LogP contribution in [0.25, 0.3) is 9.40 Å². The summed E-state index contributed by atoms with van der Waals surface area (Å²) >= 11 is 4.89. The fraction of sp³-hybridized carbons (Fsp3) is 0.154. The van der Waals surface area contributed by atoms with E-state index in [2.05, 4.69) is 18.4 Å². The van der Waals surface area contributed by atoms with Gasteiger partial charge in [-0.05, 0) is 36.1 Å². The second-order valence-corrected chi connectivity index (χ2v) is 6.91. The number of aryl methyl sites for hydroxylation is 1. The summed E-state index contributed by atoms with van der Waals surface area (Å²) in [5.41, 5.74) is 0. The Kier molecular flexibility index (Phi) is 2.86. The van der Waals surface area contributed by atoms with Crippen LogP contribution in [0.4, 0.5) is 0 Å². The summed E-state index contributed by atoms with van der Waals surface area (Å²) in [7, 11) is 0. The van der Waals surface area contributed by atoms with E-state index in [1.54, 1.807) is 34.0 Å². The summed E-state index contributed by atoms with van der Waals surface area (Å²) in [6.45, 7) is 2.11. The van der Waals surface area contributed by atoms with Crippen molar-refractivity contribution in [1.29, 1.82) is 0 Å². The lowest BCUT2D eigenvalue weighted by Gasteiger charge is -1.91. The van der Waals surface area contributed by atoms with Crippen molar-refractivity contribution in [3.8, 4) is 0 Å². The van der Waals surface area contributed by atoms with Crippen LogP contribution in [0.5, 0.6) is 0 Å². The molecule has 0 saturated carbocycles. The zero-order chi connectivity index (χ0) is 11.8. The highest BCUT2D eigenvalue weighted by Gasteiger charge is 2.15. The monoisotopic (exact) mass is 278 g/mol. The van der Waals surface area contributed by atoms with E-state index in [4.69, 9.17) is 0 Å². The molecule has 0 aliphatic carbocycles. The van der Waals surface area contributed by atoms with Gasteiger partial charge in [-0.25, -0.2) is 0 Å². The number of carbonyl (C=O) groups excluding carboxylic acids is 1. The molecule has 0 spiro atoms. The van der Waals surface area contributed by atoms with Crippen LogP contribution < -0.4 is 0 Å². The van der Waals surface area contributed by atoms with Crippen molar-refractivity contribution >= 4 is 49.2 Å². The van der Waals surface area contributed by atoms with E-state index in [1.807, 2.05) is 18.2 Å². The molecule has 4 heteroatoms. The molecule has 0 unspecified atom stereocenters. The minimum Gasteiger partial charge on any atom is -0.287 e. The Morgan fingerprint density at radius 3 is 2.71 bits per heavy atom. The number of rotatable bonds is 3. The lowest BCUT2D eigenvalue weighted by molar-refractivity contribution is 0.104. The Hall–Kier alpha value is -0.970. The predicted octanol–water partition coefficient (Wildman–Crippen LogP) is 4.82. The first-order valence-electron chi connectivity index (χ1n) is 5.38. The Balaban J connectivity index is 1.98. The molecule has 3 heterocycles. The van der Waals surface area contributed by atoms with Gasteiger partial charge in [0, 0.05) is 14.3 Å². The number of fused-ring (bicyclic) bond motifs is 1. The van der Waals surface area contributed by atoms with Crippen molar-refractivity contribution in [2.45, 2.75) is 13.3 Å². The van der Waals surface area contributed by atoms with E-state index in [0.717, 1.165) is 16.2 Å². The maximum atomic E-state index is 12.3. The highest BCUT2D eigenvalue weighted by molar-refractivity contribution is 7.28. The van der Waals surface area contributed by atoms with Crippen LogP contribution in [0.2, 0.25) is 0 Å². The number of thiophene rings is 3. The molecule has 0 N–H and O–H groups in total. The molecule has 0 atom stereocenters. The zero-order valence-electron chi connectivity index (χ0n) is 9.23. The third kappa shape index (κ3) is 1.97. The van der Waals surface area contributed by atoms with Gasteiger partial charge in [-0.2, -0.15) is 0 Å². The normalized spacial score (nSPS) is 11.1. The van der Waals surface area contributed by atoms with E-state index in [1.165, 1.54) is 14.3 Å². The molecule has 0 radical (unpaired) electrons. The average Bonchev–Trinajstić information content (AvgIpc) is 3.02. The van der Waals surface area contributed by atoms with Crippen molar-refractivity contribution < 1.29 is 4.79 Å². The second kappa shape index (κ2) is 4.37. The van der Waals surface area contributed by atoms with Crippen LogP contribution in [0, 0.1) is 0 Å². The van der Waals surface area contributed by atoms with E-state index in [0.29, 0.717) is 0 Å². The number of hydrogen-bond donors (Lipinski definition) is 0. The lowest BCUT2D eigenvalue weighted by Crippen LogP contribution is -1.93. The second-order valence-electron chi connectivity index (χ2n) is 3.71. The molecule has 17 heavy (non-hydrogen) atoms. The maximum Gasteiger partial charge on any atom is 0.212 e. The number of ketones is 1. The van der Waals surface area contributed by atoms with Gasteiger partial charge in [-0.3, -0.25) is 4.79 Å². The minimum absolute atomic E-state index is 0.170.